The summed E-state index contributed by atoms with van der Waals surface area (Å²) in [7, 11) is 1.58. The van der Waals surface area contributed by atoms with Gasteiger partial charge < -0.3 is 20.1 Å². The van der Waals surface area contributed by atoms with Gasteiger partial charge in [0, 0.05) is 30.4 Å². The summed E-state index contributed by atoms with van der Waals surface area (Å²) in [6, 6.07) is 11.1. The van der Waals surface area contributed by atoms with Crippen LogP contribution in [0.5, 0.6) is 5.75 Å². The van der Waals surface area contributed by atoms with E-state index in [1.807, 2.05) is 30.3 Å². The average molecular weight is 460 g/mol. The van der Waals surface area contributed by atoms with Crippen LogP contribution in [0.2, 0.25) is 5.02 Å². The minimum Gasteiger partial charge on any atom is -0.495 e. The van der Waals surface area contributed by atoms with E-state index >= 15 is 0 Å². The molecule has 2 N–H and O–H groups in total. The molecule has 0 bridgehead atoms. The van der Waals surface area contributed by atoms with Crippen LogP contribution in [0.15, 0.2) is 36.4 Å². The fourth-order valence-electron chi connectivity index (χ4n) is 3.71. The summed E-state index contributed by atoms with van der Waals surface area (Å²) in [6.45, 7) is 9.22. The second-order valence-electron chi connectivity index (χ2n) is 7.28. The molecule has 0 unspecified atom stereocenters. The van der Waals surface area contributed by atoms with Gasteiger partial charge in [0.25, 0.3) is 0 Å². The first-order valence-electron chi connectivity index (χ1n) is 9.76. The van der Waals surface area contributed by atoms with Crippen LogP contribution >= 0.6 is 24.0 Å². The minimum absolute atomic E-state index is 0. The third-order valence-electron chi connectivity index (χ3n) is 5.25. The van der Waals surface area contributed by atoms with Gasteiger partial charge in [0.2, 0.25) is 0 Å². The Morgan fingerprint density at radius 3 is 2.81 bits per heavy atom. The molecule has 4 rings (SSSR count). The van der Waals surface area contributed by atoms with Crippen molar-refractivity contribution >= 4 is 52.1 Å². The number of fused-ring (bicyclic) bond motifs is 1. The number of hydrogen-bond donors (Lipinski definition) is 2. The number of nitrogens with zero attached hydrogens (tertiary/aromatic N) is 4. The zero-order chi connectivity index (χ0) is 21.1. The van der Waals surface area contributed by atoms with Gasteiger partial charge in [-0.3, -0.25) is 0 Å². The highest BCUT2D eigenvalue weighted by Crippen LogP contribution is 2.33. The van der Waals surface area contributed by atoms with Crippen LogP contribution in [-0.4, -0.2) is 41.6 Å². The number of ether oxygens (including phenoxy) is 1. The van der Waals surface area contributed by atoms with Crippen molar-refractivity contribution in [3.8, 4) is 5.75 Å². The molecule has 1 atom stereocenters. The monoisotopic (exact) mass is 459 g/mol. The highest BCUT2D eigenvalue weighted by atomic mass is 35.5. The van der Waals surface area contributed by atoms with Crippen molar-refractivity contribution < 1.29 is 9.84 Å². The molecule has 31 heavy (non-hydrogen) atoms. The second-order valence-corrected chi connectivity index (χ2v) is 7.69. The Labute approximate surface area is 192 Å². The molecular formula is C22H23Cl2N5O2. The Hall–Kier alpha value is -2.79. The van der Waals surface area contributed by atoms with Crippen LogP contribution in [0.25, 0.3) is 15.6 Å². The van der Waals surface area contributed by atoms with Crippen molar-refractivity contribution in [1.82, 2.24) is 10.2 Å². The number of aromatic nitrogens is 2. The number of hydrogen-bond acceptors (Lipinski definition) is 6. The number of rotatable bonds is 5. The number of β-amino-alcohol motifs (C(OH)–C–C–N with tert-alkyl or cyclic N) is 1. The Morgan fingerprint density at radius 2 is 2.10 bits per heavy atom. The third kappa shape index (κ3) is 4.93. The molecule has 1 aliphatic heterocycles. The van der Waals surface area contributed by atoms with Crippen LogP contribution < -0.4 is 15.0 Å². The molecule has 1 saturated heterocycles. The normalized spacial score (nSPS) is 15.8. The lowest BCUT2D eigenvalue weighted by molar-refractivity contribution is 0.154. The molecule has 1 aromatic heterocycles. The topological polar surface area (TPSA) is 74.9 Å². The maximum Gasteiger partial charge on any atom is 0.188 e. The molecule has 2 aromatic carbocycles. The van der Waals surface area contributed by atoms with E-state index in [0.29, 0.717) is 35.4 Å². The predicted octanol–water partition coefficient (Wildman–Crippen LogP) is 4.84. The number of anilines is 2. The van der Waals surface area contributed by atoms with Crippen molar-refractivity contribution in [1.29, 1.82) is 0 Å². The van der Waals surface area contributed by atoms with Gasteiger partial charge in [-0.2, -0.15) is 0 Å². The number of aliphatic hydroxyl groups is 1. The Balaban J connectivity index is 0.00000272. The van der Waals surface area contributed by atoms with Gasteiger partial charge in [-0.1, -0.05) is 29.8 Å². The molecule has 0 saturated carbocycles. The van der Waals surface area contributed by atoms with E-state index in [2.05, 4.69) is 25.3 Å². The average Bonchev–Trinajstić information content (AvgIpc) is 2.77. The molecule has 1 fully saturated rings. The first-order valence-corrected chi connectivity index (χ1v) is 10.1. The molecule has 0 amide bonds. The molecule has 2 heterocycles. The van der Waals surface area contributed by atoms with Crippen molar-refractivity contribution in [2.45, 2.75) is 25.5 Å². The zero-order valence-corrected chi connectivity index (χ0v) is 18.6. The van der Waals surface area contributed by atoms with E-state index in [-0.39, 0.29) is 18.5 Å². The zero-order valence-electron chi connectivity index (χ0n) is 17.0. The molecule has 9 heteroatoms. The summed E-state index contributed by atoms with van der Waals surface area (Å²) in [4.78, 5) is 5.62. The number of methoxy groups -OCH3 is 1. The SMILES string of the molecule is Cl.[C-]#[N+]c1ccc2c(N3CCC[C@@H](O)C3)nnc(NCc3ccc(OC)c(Cl)c3)c2c1. The summed E-state index contributed by atoms with van der Waals surface area (Å²) in [5.41, 5.74) is 1.51. The van der Waals surface area contributed by atoms with Crippen molar-refractivity contribution in [2.75, 3.05) is 30.4 Å². The molecule has 0 spiro atoms. The fraction of sp³-hybridized carbons (Fsp3) is 0.318. The predicted molar refractivity (Wildman–Crippen MR) is 126 cm³/mol. The standard InChI is InChI=1S/C22H22ClN5O2.ClH/c1-24-15-6-7-17-18(11-15)21(25-12-14-5-8-20(30-2)19(23)10-14)26-27-22(17)28-9-3-4-16(29)13-28;/h5-8,10-11,16,29H,3-4,9,12-13H2,2H3,(H,25,26);1H/t16-;/m1./s1. The summed E-state index contributed by atoms with van der Waals surface area (Å²) in [6.07, 6.45) is 1.34. The number of benzene rings is 2. The van der Waals surface area contributed by atoms with Crippen LogP contribution in [0.1, 0.15) is 18.4 Å². The first kappa shape index (κ1) is 22.9. The lowest BCUT2D eigenvalue weighted by Crippen LogP contribution is -2.39. The molecular weight excluding hydrogens is 437 g/mol. The highest BCUT2D eigenvalue weighted by molar-refractivity contribution is 6.32. The maximum atomic E-state index is 10.1. The van der Waals surface area contributed by atoms with Gasteiger partial charge in [-0.15, -0.1) is 22.6 Å². The van der Waals surface area contributed by atoms with E-state index in [9.17, 15) is 5.11 Å². The van der Waals surface area contributed by atoms with Gasteiger partial charge in [-0.25, -0.2) is 4.85 Å². The number of nitrogens with one attached hydrogen (secondary N) is 1. The van der Waals surface area contributed by atoms with Crippen LogP contribution in [0.4, 0.5) is 17.3 Å². The molecule has 0 aliphatic carbocycles. The number of aliphatic hydroxyl groups excluding tert-OH is 1. The van der Waals surface area contributed by atoms with E-state index in [1.165, 1.54) is 0 Å². The third-order valence-corrected chi connectivity index (χ3v) is 5.54. The molecule has 7 nitrogen and oxygen atoms in total. The Morgan fingerprint density at radius 1 is 1.26 bits per heavy atom. The molecule has 1 aliphatic rings. The first-order chi connectivity index (χ1) is 14.6. The highest BCUT2D eigenvalue weighted by Gasteiger charge is 2.22. The van der Waals surface area contributed by atoms with Crippen LogP contribution in [0.3, 0.4) is 0 Å². The van der Waals surface area contributed by atoms with Crippen molar-refractivity contribution in [2.24, 2.45) is 0 Å². The molecule has 162 valence electrons. The molecule has 0 radical (unpaired) electrons. The number of piperidine rings is 1. The quantitative estimate of drug-likeness (QED) is 0.531. The Kier molecular flexibility index (Phi) is 7.39. The summed E-state index contributed by atoms with van der Waals surface area (Å²) >= 11 is 6.22. The van der Waals surface area contributed by atoms with E-state index in [0.717, 1.165) is 41.5 Å². The lowest BCUT2D eigenvalue weighted by atomic mass is 10.1. The van der Waals surface area contributed by atoms with Gasteiger partial charge in [0.05, 0.1) is 24.8 Å². The van der Waals surface area contributed by atoms with Crippen LogP contribution in [0, 0.1) is 6.57 Å². The second kappa shape index (κ2) is 10.0. The fourth-order valence-corrected chi connectivity index (χ4v) is 3.99. The van der Waals surface area contributed by atoms with E-state index in [1.54, 1.807) is 13.2 Å². The lowest BCUT2D eigenvalue weighted by Gasteiger charge is -2.31. The van der Waals surface area contributed by atoms with Gasteiger partial charge >= 0.3 is 0 Å². The van der Waals surface area contributed by atoms with E-state index < -0.39 is 0 Å². The van der Waals surface area contributed by atoms with E-state index in [4.69, 9.17) is 22.9 Å². The molecule has 3 aromatic rings. The van der Waals surface area contributed by atoms with Gasteiger partial charge in [0.15, 0.2) is 17.3 Å². The number of halogens is 2. The van der Waals surface area contributed by atoms with Gasteiger partial charge in [0.1, 0.15) is 5.75 Å². The summed E-state index contributed by atoms with van der Waals surface area (Å²) < 4.78 is 5.20. The maximum absolute atomic E-state index is 10.1. The van der Waals surface area contributed by atoms with Crippen LogP contribution in [-0.2, 0) is 6.54 Å². The summed E-state index contributed by atoms with van der Waals surface area (Å²) in [5.74, 6) is 1.96. The van der Waals surface area contributed by atoms with Crippen molar-refractivity contribution in [3.63, 3.8) is 0 Å². The minimum atomic E-state index is -0.365. The largest absolute Gasteiger partial charge is 0.495 e. The summed E-state index contributed by atoms with van der Waals surface area (Å²) in [5, 5.41) is 24.5. The smallest absolute Gasteiger partial charge is 0.188 e. The Bertz CT molecular complexity index is 1120. The van der Waals surface area contributed by atoms with Crippen molar-refractivity contribution in [3.05, 3.63) is 58.4 Å². The van der Waals surface area contributed by atoms with Gasteiger partial charge in [-0.05, 0) is 36.6 Å².